The minimum Gasteiger partial charge on any atom is -0.395 e. The van der Waals surface area contributed by atoms with E-state index in [1.165, 1.54) is 0 Å². The van der Waals surface area contributed by atoms with Crippen LogP contribution in [-0.2, 0) is 0 Å². The fourth-order valence-corrected chi connectivity index (χ4v) is 2.87. The number of nitrogens with zero attached hydrogens (tertiary/aromatic N) is 4. The summed E-state index contributed by atoms with van der Waals surface area (Å²) in [7, 11) is 0. The Morgan fingerprint density at radius 2 is 2.10 bits per heavy atom. The van der Waals surface area contributed by atoms with Crippen molar-refractivity contribution in [2.75, 3.05) is 57.3 Å². The molecule has 3 heterocycles. The highest BCUT2D eigenvalue weighted by molar-refractivity contribution is 6.03. The molecule has 0 saturated carbocycles. The largest absolute Gasteiger partial charge is 0.395 e. The van der Waals surface area contributed by atoms with E-state index in [1.54, 1.807) is 0 Å². The van der Waals surface area contributed by atoms with Gasteiger partial charge in [0, 0.05) is 52.0 Å². The number of aliphatic hydroxyl groups is 1. The average molecular weight is 289 g/mol. The molecule has 6 nitrogen and oxygen atoms in total. The van der Waals surface area contributed by atoms with Gasteiger partial charge in [-0.15, -0.1) is 0 Å². The molecule has 0 radical (unpaired) electrons. The highest BCUT2D eigenvalue weighted by Gasteiger charge is 2.21. The number of nitrogens with one attached hydrogen (secondary N) is 1. The molecular weight excluding hydrogens is 266 g/mol. The van der Waals surface area contributed by atoms with Crippen molar-refractivity contribution in [3.8, 4) is 0 Å². The Hall–Kier alpha value is -1.66. The molecule has 114 valence electrons. The van der Waals surface area contributed by atoms with Gasteiger partial charge >= 0.3 is 0 Å². The Labute approximate surface area is 125 Å². The number of amidine groups is 1. The summed E-state index contributed by atoms with van der Waals surface area (Å²) in [5.74, 6) is 2.00. The Kier molecular flexibility index (Phi) is 4.67. The molecule has 0 amide bonds. The number of anilines is 1. The van der Waals surface area contributed by atoms with E-state index in [-0.39, 0.29) is 6.61 Å². The predicted octanol–water partition coefficient (Wildman–Crippen LogP) is -0.0642. The molecule has 2 aliphatic heterocycles. The molecule has 2 N–H and O–H groups in total. The van der Waals surface area contributed by atoms with Crippen molar-refractivity contribution in [3.63, 3.8) is 0 Å². The predicted molar refractivity (Wildman–Crippen MR) is 84.0 cm³/mol. The number of aliphatic imine (C=N–C) groups is 1. The van der Waals surface area contributed by atoms with Crippen LogP contribution < -0.4 is 10.2 Å². The van der Waals surface area contributed by atoms with E-state index in [0.717, 1.165) is 69.5 Å². The minimum atomic E-state index is 0.232. The van der Waals surface area contributed by atoms with Gasteiger partial charge in [0.1, 0.15) is 11.7 Å². The summed E-state index contributed by atoms with van der Waals surface area (Å²) in [4.78, 5) is 13.8. The highest BCUT2D eigenvalue weighted by atomic mass is 16.3. The first-order chi connectivity index (χ1) is 10.4. The van der Waals surface area contributed by atoms with Crippen LogP contribution >= 0.6 is 0 Å². The number of rotatable bonds is 4. The topological polar surface area (TPSA) is 64.0 Å². The molecular formula is C15H23N5O. The fraction of sp³-hybridized carbons (Fsp3) is 0.600. The maximum atomic E-state index is 9.02. The standard InChI is InChI=1S/C15H23N5O/c21-12-11-19-7-9-20(10-8-19)15-13(3-1-4-18-15)14-16-5-2-6-17-14/h1,3-4,21H,2,5-12H2,(H,16,17). The third kappa shape index (κ3) is 3.33. The molecule has 0 unspecified atom stereocenters. The molecule has 1 fully saturated rings. The van der Waals surface area contributed by atoms with Gasteiger partial charge in [0.25, 0.3) is 0 Å². The molecule has 0 aliphatic carbocycles. The molecule has 1 aromatic rings. The van der Waals surface area contributed by atoms with Crippen LogP contribution in [0.1, 0.15) is 12.0 Å². The average Bonchev–Trinajstić information content (AvgIpc) is 2.57. The quantitative estimate of drug-likeness (QED) is 0.813. The van der Waals surface area contributed by atoms with Gasteiger partial charge in [0.2, 0.25) is 0 Å². The Morgan fingerprint density at radius 3 is 2.81 bits per heavy atom. The smallest absolute Gasteiger partial charge is 0.139 e. The van der Waals surface area contributed by atoms with E-state index < -0.39 is 0 Å². The van der Waals surface area contributed by atoms with Gasteiger partial charge in [-0.05, 0) is 18.6 Å². The Morgan fingerprint density at radius 1 is 1.24 bits per heavy atom. The second-order valence-corrected chi connectivity index (χ2v) is 5.44. The lowest BCUT2D eigenvalue weighted by atomic mass is 10.1. The number of pyridine rings is 1. The van der Waals surface area contributed by atoms with Gasteiger partial charge in [-0.2, -0.15) is 0 Å². The van der Waals surface area contributed by atoms with Crippen LogP contribution in [0.4, 0.5) is 5.82 Å². The van der Waals surface area contributed by atoms with Crippen LogP contribution in [0.5, 0.6) is 0 Å². The SMILES string of the molecule is OCCN1CCN(c2ncccc2C2=NCCCN2)CC1. The maximum Gasteiger partial charge on any atom is 0.139 e. The van der Waals surface area contributed by atoms with Crippen molar-refractivity contribution in [2.45, 2.75) is 6.42 Å². The second kappa shape index (κ2) is 6.87. The second-order valence-electron chi connectivity index (χ2n) is 5.44. The molecule has 2 aliphatic rings. The molecule has 0 aromatic carbocycles. The first-order valence-electron chi connectivity index (χ1n) is 7.70. The van der Waals surface area contributed by atoms with E-state index in [1.807, 2.05) is 12.3 Å². The zero-order chi connectivity index (χ0) is 14.5. The molecule has 1 aromatic heterocycles. The van der Waals surface area contributed by atoms with Crippen molar-refractivity contribution in [1.29, 1.82) is 0 Å². The molecule has 0 atom stereocenters. The molecule has 6 heteroatoms. The fourth-order valence-electron chi connectivity index (χ4n) is 2.87. The Balaban J connectivity index is 1.75. The number of piperazine rings is 1. The highest BCUT2D eigenvalue weighted by Crippen LogP contribution is 2.20. The number of hydrogen-bond acceptors (Lipinski definition) is 6. The first kappa shape index (κ1) is 14.3. The van der Waals surface area contributed by atoms with Gasteiger partial charge in [0.15, 0.2) is 0 Å². The zero-order valence-corrected chi connectivity index (χ0v) is 12.3. The molecule has 3 rings (SSSR count). The van der Waals surface area contributed by atoms with Gasteiger partial charge in [-0.25, -0.2) is 4.98 Å². The summed E-state index contributed by atoms with van der Waals surface area (Å²) in [5.41, 5.74) is 1.10. The third-order valence-electron chi connectivity index (χ3n) is 4.03. The van der Waals surface area contributed by atoms with Crippen LogP contribution in [0.2, 0.25) is 0 Å². The summed E-state index contributed by atoms with van der Waals surface area (Å²) in [5, 5.41) is 12.4. The molecule has 21 heavy (non-hydrogen) atoms. The van der Waals surface area contributed by atoms with Crippen LogP contribution in [-0.4, -0.2) is 73.2 Å². The summed E-state index contributed by atoms with van der Waals surface area (Å²) >= 11 is 0. The number of β-amino-alcohol motifs (C(OH)–C–C–N with tert-alkyl or cyclic N) is 1. The van der Waals surface area contributed by atoms with Crippen LogP contribution in [0, 0.1) is 0 Å². The molecule has 0 spiro atoms. The van der Waals surface area contributed by atoms with Gasteiger partial charge < -0.3 is 15.3 Å². The van der Waals surface area contributed by atoms with Crippen LogP contribution in [0.3, 0.4) is 0 Å². The summed E-state index contributed by atoms with van der Waals surface area (Å²) in [6.07, 6.45) is 2.95. The molecule has 0 bridgehead atoms. The first-order valence-corrected chi connectivity index (χ1v) is 7.70. The van der Waals surface area contributed by atoms with Gasteiger partial charge in [-0.3, -0.25) is 9.89 Å². The van der Waals surface area contributed by atoms with E-state index in [2.05, 4.69) is 31.2 Å². The van der Waals surface area contributed by atoms with Crippen molar-refractivity contribution in [3.05, 3.63) is 23.9 Å². The Bertz CT molecular complexity index is 497. The minimum absolute atomic E-state index is 0.232. The normalized spacial score (nSPS) is 20.0. The number of hydrogen-bond donors (Lipinski definition) is 2. The lowest BCUT2D eigenvalue weighted by Gasteiger charge is -2.36. The van der Waals surface area contributed by atoms with Crippen molar-refractivity contribution >= 4 is 11.7 Å². The lowest BCUT2D eigenvalue weighted by molar-refractivity contribution is 0.188. The molecule has 1 saturated heterocycles. The van der Waals surface area contributed by atoms with Crippen molar-refractivity contribution in [2.24, 2.45) is 4.99 Å². The maximum absolute atomic E-state index is 9.02. The van der Waals surface area contributed by atoms with Crippen LogP contribution in [0.15, 0.2) is 23.3 Å². The lowest BCUT2D eigenvalue weighted by Crippen LogP contribution is -2.48. The summed E-state index contributed by atoms with van der Waals surface area (Å²) in [6.45, 7) is 6.69. The van der Waals surface area contributed by atoms with Crippen molar-refractivity contribution < 1.29 is 5.11 Å². The van der Waals surface area contributed by atoms with E-state index in [9.17, 15) is 0 Å². The summed E-state index contributed by atoms with van der Waals surface area (Å²) < 4.78 is 0. The third-order valence-corrected chi connectivity index (χ3v) is 4.03. The summed E-state index contributed by atoms with van der Waals surface area (Å²) in [6, 6.07) is 4.07. The number of aliphatic hydroxyl groups excluding tert-OH is 1. The van der Waals surface area contributed by atoms with Crippen LogP contribution in [0.25, 0.3) is 0 Å². The van der Waals surface area contributed by atoms with E-state index >= 15 is 0 Å². The number of aromatic nitrogens is 1. The van der Waals surface area contributed by atoms with E-state index in [4.69, 9.17) is 5.11 Å². The van der Waals surface area contributed by atoms with Gasteiger partial charge in [-0.1, -0.05) is 0 Å². The van der Waals surface area contributed by atoms with Crippen molar-refractivity contribution in [1.82, 2.24) is 15.2 Å². The monoisotopic (exact) mass is 289 g/mol. The van der Waals surface area contributed by atoms with Gasteiger partial charge in [0.05, 0.1) is 12.2 Å². The van der Waals surface area contributed by atoms with E-state index in [0.29, 0.717) is 0 Å². The zero-order valence-electron chi connectivity index (χ0n) is 12.3.